The average Bonchev–Trinajstić information content (AvgIpc) is 2.84. The Kier molecular flexibility index (Phi) is 4.23. The standard InChI is InChI=1S/C17H18ClN3/c18-14-4-5-16-13(6-8-19)12-21(17(16)11-14)10-7-15-3-1-2-9-20-15/h1-5,9,11-12H,6-8,10,19H2. The van der Waals surface area contributed by atoms with Gasteiger partial charge in [-0.05, 0) is 42.8 Å². The SMILES string of the molecule is NCCc1cn(CCc2ccccn2)c2cc(Cl)ccc12. The minimum atomic E-state index is 0.655. The Labute approximate surface area is 129 Å². The molecule has 0 saturated carbocycles. The molecule has 0 unspecified atom stereocenters. The Morgan fingerprint density at radius 2 is 2.05 bits per heavy atom. The molecule has 0 spiro atoms. The summed E-state index contributed by atoms with van der Waals surface area (Å²) in [6, 6.07) is 12.1. The fourth-order valence-electron chi connectivity index (χ4n) is 2.66. The summed E-state index contributed by atoms with van der Waals surface area (Å²) in [5.74, 6) is 0. The van der Waals surface area contributed by atoms with Crippen LogP contribution in [0.25, 0.3) is 10.9 Å². The number of pyridine rings is 1. The summed E-state index contributed by atoms with van der Waals surface area (Å²) < 4.78 is 2.25. The molecular weight excluding hydrogens is 282 g/mol. The van der Waals surface area contributed by atoms with Gasteiger partial charge in [0.1, 0.15) is 0 Å². The molecule has 3 aromatic rings. The van der Waals surface area contributed by atoms with Crippen molar-refractivity contribution in [1.82, 2.24) is 9.55 Å². The van der Waals surface area contributed by atoms with Gasteiger partial charge in [-0.1, -0.05) is 23.7 Å². The van der Waals surface area contributed by atoms with Crippen molar-refractivity contribution in [3.05, 3.63) is 65.1 Å². The summed E-state index contributed by atoms with van der Waals surface area (Å²) in [6.45, 7) is 1.54. The molecule has 2 heterocycles. The smallest absolute Gasteiger partial charge is 0.0498 e. The van der Waals surface area contributed by atoms with Gasteiger partial charge in [-0.3, -0.25) is 4.98 Å². The van der Waals surface area contributed by atoms with Crippen molar-refractivity contribution in [3.8, 4) is 0 Å². The highest BCUT2D eigenvalue weighted by atomic mass is 35.5. The van der Waals surface area contributed by atoms with Crippen molar-refractivity contribution in [2.75, 3.05) is 6.54 Å². The van der Waals surface area contributed by atoms with E-state index < -0.39 is 0 Å². The molecule has 0 bridgehead atoms. The number of halogens is 1. The van der Waals surface area contributed by atoms with Crippen LogP contribution in [0.1, 0.15) is 11.3 Å². The van der Waals surface area contributed by atoms with Gasteiger partial charge in [0.2, 0.25) is 0 Å². The van der Waals surface area contributed by atoms with E-state index in [-0.39, 0.29) is 0 Å². The zero-order valence-electron chi connectivity index (χ0n) is 11.8. The highest BCUT2D eigenvalue weighted by molar-refractivity contribution is 6.31. The summed E-state index contributed by atoms with van der Waals surface area (Å²) in [6.07, 6.45) is 5.81. The van der Waals surface area contributed by atoms with Gasteiger partial charge in [0, 0.05) is 47.0 Å². The van der Waals surface area contributed by atoms with Crippen molar-refractivity contribution < 1.29 is 0 Å². The van der Waals surface area contributed by atoms with Crippen molar-refractivity contribution >= 4 is 22.5 Å². The first-order chi connectivity index (χ1) is 10.3. The maximum atomic E-state index is 6.14. The van der Waals surface area contributed by atoms with E-state index >= 15 is 0 Å². The number of hydrogen-bond donors (Lipinski definition) is 1. The first-order valence-electron chi connectivity index (χ1n) is 7.15. The quantitative estimate of drug-likeness (QED) is 0.784. The lowest BCUT2D eigenvalue weighted by Crippen LogP contribution is -2.03. The van der Waals surface area contributed by atoms with E-state index in [0.717, 1.165) is 30.1 Å². The maximum absolute atomic E-state index is 6.14. The van der Waals surface area contributed by atoms with Crippen molar-refractivity contribution in [3.63, 3.8) is 0 Å². The molecular formula is C17H18ClN3. The van der Waals surface area contributed by atoms with E-state index in [0.29, 0.717) is 6.54 Å². The number of aryl methyl sites for hydroxylation is 2. The van der Waals surface area contributed by atoms with Crippen LogP contribution >= 0.6 is 11.6 Å². The minimum absolute atomic E-state index is 0.655. The third kappa shape index (κ3) is 3.09. The number of nitrogens with zero attached hydrogens (tertiary/aromatic N) is 2. The molecule has 0 aliphatic carbocycles. The largest absolute Gasteiger partial charge is 0.347 e. The van der Waals surface area contributed by atoms with Crippen molar-refractivity contribution in [2.24, 2.45) is 5.73 Å². The fraction of sp³-hybridized carbons (Fsp3) is 0.235. The summed E-state index contributed by atoms with van der Waals surface area (Å²) >= 11 is 6.14. The van der Waals surface area contributed by atoms with Gasteiger partial charge in [0.25, 0.3) is 0 Å². The van der Waals surface area contributed by atoms with Crippen LogP contribution in [0.2, 0.25) is 5.02 Å². The lowest BCUT2D eigenvalue weighted by atomic mass is 10.1. The first kappa shape index (κ1) is 14.1. The Balaban J connectivity index is 1.92. The third-order valence-corrected chi connectivity index (χ3v) is 3.91. The Bertz CT molecular complexity index is 734. The van der Waals surface area contributed by atoms with Gasteiger partial charge in [0.05, 0.1) is 0 Å². The molecule has 0 saturated heterocycles. The molecule has 4 heteroatoms. The Morgan fingerprint density at radius 1 is 1.14 bits per heavy atom. The van der Waals surface area contributed by atoms with Crippen LogP contribution < -0.4 is 5.73 Å². The third-order valence-electron chi connectivity index (χ3n) is 3.68. The number of aromatic nitrogens is 2. The molecule has 3 nitrogen and oxygen atoms in total. The van der Waals surface area contributed by atoms with Gasteiger partial charge < -0.3 is 10.3 Å². The van der Waals surface area contributed by atoms with Crippen LogP contribution in [0.3, 0.4) is 0 Å². The molecule has 3 rings (SSSR count). The second-order valence-electron chi connectivity index (χ2n) is 5.12. The number of fused-ring (bicyclic) bond motifs is 1. The molecule has 108 valence electrons. The van der Waals surface area contributed by atoms with Gasteiger partial charge in [-0.2, -0.15) is 0 Å². The average molecular weight is 300 g/mol. The summed E-state index contributed by atoms with van der Waals surface area (Å²) in [5.41, 5.74) is 9.26. The topological polar surface area (TPSA) is 43.8 Å². The van der Waals surface area contributed by atoms with Crippen LogP contribution in [0.4, 0.5) is 0 Å². The van der Waals surface area contributed by atoms with Gasteiger partial charge in [-0.15, -0.1) is 0 Å². The monoisotopic (exact) mass is 299 g/mol. The molecule has 1 aromatic carbocycles. The van der Waals surface area contributed by atoms with Crippen molar-refractivity contribution in [1.29, 1.82) is 0 Å². The zero-order valence-corrected chi connectivity index (χ0v) is 12.6. The fourth-order valence-corrected chi connectivity index (χ4v) is 2.83. The van der Waals surface area contributed by atoms with Crippen LogP contribution in [0.15, 0.2) is 48.8 Å². The minimum Gasteiger partial charge on any atom is -0.347 e. The van der Waals surface area contributed by atoms with Crippen LogP contribution in [-0.2, 0) is 19.4 Å². The highest BCUT2D eigenvalue weighted by Gasteiger charge is 2.08. The summed E-state index contributed by atoms with van der Waals surface area (Å²) in [7, 11) is 0. The molecule has 2 N–H and O–H groups in total. The summed E-state index contributed by atoms with van der Waals surface area (Å²) in [5, 5.41) is 2.00. The van der Waals surface area contributed by atoms with Gasteiger partial charge in [-0.25, -0.2) is 0 Å². The van der Waals surface area contributed by atoms with Crippen LogP contribution in [0.5, 0.6) is 0 Å². The predicted octanol–water partition coefficient (Wildman–Crippen LogP) is 3.43. The van der Waals surface area contributed by atoms with Crippen LogP contribution in [-0.4, -0.2) is 16.1 Å². The highest BCUT2D eigenvalue weighted by Crippen LogP contribution is 2.25. The van der Waals surface area contributed by atoms with Gasteiger partial charge in [0.15, 0.2) is 0 Å². The van der Waals surface area contributed by atoms with Gasteiger partial charge >= 0.3 is 0 Å². The van der Waals surface area contributed by atoms with E-state index in [4.69, 9.17) is 17.3 Å². The lowest BCUT2D eigenvalue weighted by Gasteiger charge is -2.05. The molecule has 2 aromatic heterocycles. The van der Waals surface area contributed by atoms with E-state index in [1.807, 2.05) is 30.5 Å². The number of rotatable bonds is 5. The second kappa shape index (κ2) is 6.29. The van der Waals surface area contributed by atoms with E-state index in [1.165, 1.54) is 16.5 Å². The molecule has 0 amide bonds. The van der Waals surface area contributed by atoms with E-state index in [2.05, 4.69) is 27.9 Å². The van der Waals surface area contributed by atoms with E-state index in [1.54, 1.807) is 0 Å². The molecule has 0 aliphatic heterocycles. The zero-order chi connectivity index (χ0) is 14.7. The molecule has 21 heavy (non-hydrogen) atoms. The first-order valence-corrected chi connectivity index (χ1v) is 7.53. The Morgan fingerprint density at radius 3 is 2.81 bits per heavy atom. The number of benzene rings is 1. The Hall–Kier alpha value is -1.84. The van der Waals surface area contributed by atoms with E-state index in [9.17, 15) is 0 Å². The lowest BCUT2D eigenvalue weighted by molar-refractivity contribution is 0.707. The molecule has 0 radical (unpaired) electrons. The molecule has 0 atom stereocenters. The number of nitrogens with two attached hydrogens (primary N) is 1. The maximum Gasteiger partial charge on any atom is 0.0498 e. The summed E-state index contributed by atoms with van der Waals surface area (Å²) in [4.78, 5) is 4.38. The predicted molar refractivity (Wildman–Crippen MR) is 87.6 cm³/mol. The van der Waals surface area contributed by atoms with Crippen LogP contribution in [0, 0.1) is 0 Å². The second-order valence-corrected chi connectivity index (χ2v) is 5.56. The number of hydrogen-bond acceptors (Lipinski definition) is 2. The molecule has 0 aliphatic rings. The molecule has 0 fully saturated rings. The van der Waals surface area contributed by atoms with Crippen molar-refractivity contribution in [2.45, 2.75) is 19.4 Å². The normalized spacial score (nSPS) is 11.1.